The van der Waals surface area contributed by atoms with Crippen LogP contribution >= 0.6 is 0 Å². The summed E-state index contributed by atoms with van der Waals surface area (Å²) < 4.78 is 0. The van der Waals surface area contributed by atoms with Crippen LogP contribution in [0.4, 0.5) is 0 Å². The van der Waals surface area contributed by atoms with Crippen molar-refractivity contribution in [3.63, 3.8) is 0 Å². The van der Waals surface area contributed by atoms with Gasteiger partial charge in [0.25, 0.3) is 0 Å². The molecule has 0 aromatic heterocycles. The minimum absolute atomic E-state index is 0. The summed E-state index contributed by atoms with van der Waals surface area (Å²) >= 11 is 0. The first kappa shape index (κ1) is 15.7. The van der Waals surface area contributed by atoms with Crippen molar-refractivity contribution >= 4 is 0 Å². The van der Waals surface area contributed by atoms with E-state index in [9.17, 15) is 0 Å². The van der Waals surface area contributed by atoms with E-state index in [4.69, 9.17) is 0 Å². The Bertz CT molecular complexity index is 12.8. The van der Waals surface area contributed by atoms with Crippen LogP contribution in [0.1, 0.15) is 6.92 Å². The fraction of sp³-hybridized carbons (Fsp3) is 0.800. The molecule has 43 valence electrons. The van der Waals surface area contributed by atoms with Crippen LogP contribution in [-0.2, 0) is 26.2 Å². The van der Waals surface area contributed by atoms with Crippen LogP contribution in [0.15, 0.2) is 0 Å². The summed E-state index contributed by atoms with van der Waals surface area (Å²) in [6.07, 6.45) is 0. The molecular formula is C5H14NZr. The maximum atomic E-state index is 3.25. The molecule has 0 saturated heterocycles. The Morgan fingerprint density at radius 3 is 1.00 bits per heavy atom. The minimum atomic E-state index is 0. The van der Waals surface area contributed by atoms with Gasteiger partial charge in [0.05, 0.1) is 0 Å². The van der Waals surface area contributed by atoms with E-state index in [1.54, 1.807) is 6.92 Å². The molecule has 7 heavy (non-hydrogen) atoms. The third-order valence-electron chi connectivity index (χ3n) is 0. The Morgan fingerprint density at radius 2 is 1.00 bits per heavy atom. The van der Waals surface area contributed by atoms with Gasteiger partial charge in [0.2, 0.25) is 0 Å². The average Bonchev–Trinajstić information content (AvgIpc) is 1.41. The molecule has 2 heteroatoms. The van der Waals surface area contributed by atoms with Crippen molar-refractivity contribution in [1.29, 1.82) is 0 Å². The van der Waals surface area contributed by atoms with Crippen LogP contribution < -0.4 is 0 Å². The zero-order valence-electron chi connectivity index (χ0n) is 5.65. The van der Waals surface area contributed by atoms with Crippen molar-refractivity contribution in [1.82, 2.24) is 4.90 Å². The van der Waals surface area contributed by atoms with E-state index in [-0.39, 0.29) is 26.2 Å². The fourth-order valence-electron chi connectivity index (χ4n) is 0. The van der Waals surface area contributed by atoms with Crippen molar-refractivity contribution in [3.05, 3.63) is 6.92 Å². The van der Waals surface area contributed by atoms with Gasteiger partial charge in [-0.05, 0) is 21.1 Å². The number of nitrogens with zero attached hydrogens (tertiary/aromatic N) is 1. The molecule has 0 aliphatic carbocycles. The van der Waals surface area contributed by atoms with Gasteiger partial charge in [-0.2, -0.15) is 0 Å². The van der Waals surface area contributed by atoms with Crippen LogP contribution in [0.3, 0.4) is 0 Å². The van der Waals surface area contributed by atoms with Crippen LogP contribution in [-0.4, -0.2) is 26.0 Å². The summed E-state index contributed by atoms with van der Waals surface area (Å²) in [4.78, 5) is 2.00. The van der Waals surface area contributed by atoms with Gasteiger partial charge in [0.1, 0.15) is 0 Å². The minimum Gasteiger partial charge on any atom is -0.312 e. The van der Waals surface area contributed by atoms with Crippen LogP contribution in [0.25, 0.3) is 0 Å². The van der Waals surface area contributed by atoms with Gasteiger partial charge >= 0.3 is 0 Å². The second kappa shape index (κ2) is 15.8. The van der Waals surface area contributed by atoms with E-state index < -0.39 is 0 Å². The molecule has 0 bridgehead atoms. The van der Waals surface area contributed by atoms with Crippen molar-refractivity contribution in [2.24, 2.45) is 0 Å². The third kappa shape index (κ3) is 226. The van der Waals surface area contributed by atoms with Gasteiger partial charge < -0.3 is 4.90 Å². The SMILES string of the molecule is CN(C)C.[CH2]C.[Zr]. The second-order valence-electron chi connectivity index (χ2n) is 1.34. The van der Waals surface area contributed by atoms with Crippen molar-refractivity contribution in [2.45, 2.75) is 6.92 Å². The van der Waals surface area contributed by atoms with E-state index >= 15 is 0 Å². The fourth-order valence-corrected chi connectivity index (χ4v) is 0. The molecule has 0 aliphatic rings. The van der Waals surface area contributed by atoms with E-state index in [1.165, 1.54) is 0 Å². The molecule has 0 N–H and O–H groups in total. The monoisotopic (exact) mass is 178 g/mol. The average molecular weight is 179 g/mol. The van der Waals surface area contributed by atoms with E-state index in [1.807, 2.05) is 26.0 Å². The van der Waals surface area contributed by atoms with Crippen molar-refractivity contribution < 1.29 is 26.2 Å². The molecule has 0 aromatic rings. The molecule has 1 radical (unpaired) electrons. The molecular weight excluding hydrogens is 165 g/mol. The van der Waals surface area contributed by atoms with Crippen LogP contribution in [0, 0.1) is 6.92 Å². The standard InChI is InChI=1S/C3H9N.C2H5.Zr/c1-4(2)3;1-2;/h1-3H3;1H2,2H3;. The molecule has 0 fully saturated rings. The van der Waals surface area contributed by atoms with Crippen molar-refractivity contribution in [2.75, 3.05) is 21.1 Å². The molecule has 0 aromatic carbocycles. The number of rotatable bonds is 0. The van der Waals surface area contributed by atoms with E-state index in [0.717, 1.165) is 0 Å². The Kier molecular flexibility index (Phi) is 35.4. The molecule has 0 atom stereocenters. The quantitative estimate of drug-likeness (QED) is 0.537. The zero-order valence-corrected chi connectivity index (χ0v) is 8.11. The summed E-state index contributed by atoms with van der Waals surface area (Å²) in [6.45, 7) is 5.00. The number of hydrogen-bond acceptors (Lipinski definition) is 1. The summed E-state index contributed by atoms with van der Waals surface area (Å²) in [7, 11) is 6.00. The van der Waals surface area contributed by atoms with Gasteiger partial charge in [-0.15, -0.1) is 0 Å². The maximum absolute atomic E-state index is 3.25. The Morgan fingerprint density at radius 1 is 1.00 bits per heavy atom. The first-order valence-corrected chi connectivity index (χ1v) is 2.05. The normalized spacial score (nSPS) is 6.00. The molecule has 1 nitrogen and oxygen atoms in total. The molecule has 0 amide bonds. The molecule has 0 rings (SSSR count). The Labute approximate surface area is 66.2 Å². The van der Waals surface area contributed by atoms with E-state index in [2.05, 4.69) is 6.92 Å². The summed E-state index contributed by atoms with van der Waals surface area (Å²) in [6, 6.07) is 0. The van der Waals surface area contributed by atoms with Gasteiger partial charge in [0, 0.05) is 26.2 Å². The first-order valence-electron chi connectivity index (χ1n) is 2.05. The topological polar surface area (TPSA) is 3.24 Å². The largest absolute Gasteiger partial charge is 0.312 e. The van der Waals surface area contributed by atoms with Gasteiger partial charge in [-0.25, -0.2) is 0 Å². The summed E-state index contributed by atoms with van der Waals surface area (Å²) in [5.41, 5.74) is 0. The number of hydrogen-bond donors (Lipinski definition) is 0. The van der Waals surface area contributed by atoms with Gasteiger partial charge in [-0.3, -0.25) is 0 Å². The smallest absolute Gasteiger partial charge is 0 e. The molecule has 0 heterocycles. The molecule has 0 aliphatic heterocycles. The van der Waals surface area contributed by atoms with E-state index in [0.29, 0.717) is 0 Å². The van der Waals surface area contributed by atoms with Crippen molar-refractivity contribution in [3.8, 4) is 0 Å². The Hall–Kier alpha value is 0.843. The predicted molar refractivity (Wildman–Crippen MR) is 30.6 cm³/mol. The molecule has 0 unspecified atom stereocenters. The summed E-state index contributed by atoms with van der Waals surface area (Å²) in [5, 5.41) is 0. The van der Waals surface area contributed by atoms with Gasteiger partial charge in [-0.1, -0.05) is 13.8 Å². The Balaban J connectivity index is -0.0000000480. The van der Waals surface area contributed by atoms with Crippen LogP contribution in [0.5, 0.6) is 0 Å². The second-order valence-corrected chi connectivity index (χ2v) is 1.34. The molecule has 0 spiro atoms. The maximum Gasteiger partial charge on any atom is 0 e. The summed E-state index contributed by atoms with van der Waals surface area (Å²) in [5.74, 6) is 0. The first-order chi connectivity index (χ1) is 2.73. The van der Waals surface area contributed by atoms with Gasteiger partial charge in [0.15, 0.2) is 0 Å². The third-order valence-corrected chi connectivity index (χ3v) is 0. The molecule has 0 saturated carbocycles. The zero-order chi connectivity index (χ0) is 5.58. The van der Waals surface area contributed by atoms with Crippen LogP contribution in [0.2, 0.25) is 0 Å². The predicted octanol–water partition coefficient (Wildman–Crippen LogP) is 1.02.